The number of nitrogens with zero attached hydrogens (tertiary/aromatic N) is 2. The number of aromatic nitrogens is 2. The molecule has 148 valence electrons. The van der Waals surface area contributed by atoms with E-state index in [-0.39, 0.29) is 10.9 Å². The Morgan fingerprint density at radius 2 is 1.93 bits per heavy atom. The molecule has 0 radical (unpaired) electrons. The highest BCUT2D eigenvalue weighted by atomic mass is 19.1. The Hall–Kier alpha value is -2.60. The predicted octanol–water partition coefficient (Wildman–Crippen LogP) is 5.03. The van der Waals surface area contributed by atoms with Crippen molar-refractivity contribution in [2.24, 2.45) is 11.7 Å². The number of benzene rings is 1. The van der Waals surface area contributed by atoms with Gasteiger partial charge in [0.2, 0.25) is 5.88 Å². The molecule has 2 N–H and O–H groups in total. The maximum Gasteiger partial charge on any atom is 0.216 e. The maximum absolute atomic E-state index is 14.4. The Morgan fingerprint density at radius 3 is 2.61 bits per heavy atom. The molecule has 2 aromatic heterocycles. The molecular formula is C22H25F2N3O. The van der Waals surface area contributed by atoms with E-state index in [9.17, 15) is 8.78 Å². The lowest BCUT2D eigenvalue weighted by Crippen LogP contribution is -2.43. The molecule has 0 fully saturated rings. The van der Waals surface area contributed by atoms with E-state index in [0.29, 0.717) is 29.5 Å². The third-order valence-corrected chi connectivity index (χ3v) is 4.51. The second-order valence-corrected chi connectivity index (χ2v) is 8.03. The summed E-state index contributed by atoms with van der Waals surface area (Å²) in [7, 11) is 0. The summed E-state index contributed by atoms with van der Waals surface area (Å²) in [6, 6.07) is 5.65. The molecular weight excluding hydrogens is 360 g/mol. The van der Waals surface area contributed by atoms with E-state index in [4.69, 9.17) is 10.5 Å². The fourth-order valence-corrected chi connectivity index (χ4v) is 3.53. The quantitative estimate of drug-likeness (QED) is 0.647. The van der Waals surface area contributed by atoms with Gasteiger partial charge in [0.15, 0.2) is 0 Å². The molecule has 3 aromatic rings. The van der Waals surface area contributed by atoms with Gasteiger partial charge >= 0.3 is 0 Å². The van der Waals surface area contributed by atoms with E-state index in [2.05, 4.69) is 23.8 Å². The van der Waals surface area contributed by atoms with Crippen LogP contribution in [-0.4, -0.2) is 22.1 Å². The lowest BCUT2D eigenvalue weighted by molar-refractivity contribution is 0.199. The molecule has 0 aliphatic carbocycles. The van der Waals surface area contributed by atoms with Gasteiger partial charge in [0.1, 0.15) is 18.2 Å². The number of rotatable bonds is 6. The minimum Gasteiger partial charge on any atom is -0.476 e. The number of pyridine rings is 2. The standard InChI is InChI=1S/C22H25F2N3O/c1-13(2)10-22(4,25)12-28-21-14(3)7-15(11-27-21)17-5-6-26-19-9-16(23)8-18(24)20(17)19/h5-9,11,13H,10,12,25H2,1-4H3. The van der Waals surface area contributed by atoms with Crippen LogP contribution in [0.3, 0.4) is 0 Å². The molecule has 0 aliphatic rings. The largest absolute Gasteiger partial charge is 0.476 e. The van der Waals surface area contributed by atoms with Crippen LogP contribution in [0.5, 0.6) is 5.88 Å². The van der Waals surface area contributed by atoms with Crippen LogP contribution in [0.25, 0.3) is 22.0 Å². The summed E-state index contributed by atoms with van der Waals surface area (Å²) in [5, 5.41) is 0.269. The lowest BCUT2D eigenvalue weighted by atomic mass is 9.93. The van der Waals surface area contributed by atoms with Crippen molar-refractivity contribution in [3.05, 3.63) is 53.9 Å². The molecule has 0 aliphatic heterocycles. The first-order chi connectivity index (χ1) is 13.2. The monoisotopic (exact) mass is 385 g/mol. The van der Waals surface area contributed by atoms with Gasteiger partial charge < -0.3 is 10.5 Å². The normalized spacial score (nSPS) is 13.7. The van der Waals surface area contributed by atoms with E-state index in [1.54, 1.807) is 12.3 Å². The molecule has 0 spiro atoms. The molecule has 2 heterocycles. The van der Waals surface area contributed by atoms with Crippen molar-refractivity contribution in [3.8, 4) is 17.0 Å². The maximum atomic E-state index is 14.4. The molecule has 0 saturated carbocycles. The van der Waals surface area contributed by atoms with E-state index in [1.807, 2.05) is 19.9 Å². The second-order valence-electron chi connectivity index (χ2n) is 8.03. The highest BCUT2D eigenvalue weighted by molar-refractivity contribution is 5.94. The third kappa shape index (κ3) is 4.44. The van der Waals surface area contributed by atoms with Crippen LogP contribution in [0.1, 0.15) is 32.8 Å². The van der Waals surface area contributed by atoms with Crippen molar-refractivity contribution in [3.63, 3.8) is 0 Å². The van der Waals surface area contributed by atoms with Gasteiger partial charge in [0, 0.05) is 46.6 Å². The summed E-state index contributed by atoms with van der Waals surface area (Å²) in [5.41, 5.74) is 8.24. The van der Waals surface area contributed by atoms with Crippen LogP contribution >= 0.6 is 0 Å². The minimum atomic E-state index is -0.654. The average Bonchev–Trinajstić information content (AvgIpc) is 2.58. The minimum absolute atomic E-state index is 0.264. The van der Waals surface area contributed by atoms with Crippen LogP contribution < -0.4 is 10.5 Å². The van der Waals surface area contributed by atoms with E-state index in [0.717, 1.165) is 18.1 Å². The molecule has 4 nitrogen and oxygen atoms in total. The van der Waals surface area contributed by atoms with E-state index >= 15 is 0 Å². The van der Waals surface area contributed by atoms with Crippen molar-refractivity contribution < 1.29 is 13.5 Å². The fraction of sp³-hybridized carbons (Fsp3) is 0.364. The first-order valence-electron chi connectivity index (χ1n) is 9.29. The van der Waals surface area contributed by atoms with Gasteiger partial charge in [-0.05, 0) is 43.9 Å². The van der Waals surface area contributed by atoms with Gasteiger partial charge in [0.05, 0.1) is 5.52 Å². The summed E-state index contributed by atoms with van der Waals surface area (Å²) < 4.78 is 33.7. The van der Waals surface area contributed by atoms with Gasteiger partial charge in [-0.2, -0.15) is 0 Å². The Morgan fingerprint density at radius 1 is 1.18 bits per heavy atom. The first-order valence-corrected chi connectivity index (χ1v) is 9.29. The first kappa shape index (κ1) is 20.1. The Kier molecular flexibility index (Phi) is 5.61. The van der Waals surface area contributed by atoms with E-state index in [1.165, 1.54) is 12.3 Å². The number of hydrogen-bond acceptors (Lipinski definition) is 4. The molecule has 6 heteroatoms. The van der Waals surface area contributed by atoms with Crippen molar-refractivity contribution in [2.75, 3.05) is 6.61 Å². The Bertz CT molecular complexity index is 1000. The van der Waals surface area contributed by atoms with Crippen LogP contribution in [0.15, 0.2) is 36.7 Å². The van der Waals surface area contributed by atoms with E-state index < -0.39 is 17.2 Å². The summed E-state index contributed by atoms with van der Waals surface area (Å²) in [5.74, 6) is -0.341. The van der Waals surface area contributed by atoms with Gasteiger partial charge in [-0.3, -0.25) is 4.98 Å². The average molecular weight is 385 g/mol. The van der Waals surface area contributed by atoms with Gasteiger partial charge in [0.25, 0.3) is 0 Å². The third-order valence-electron chi connectivity index (χ3n) is 4.51. The van der Waals surface area contributed by atoms with Crippen molar-refractivity contribution in [1.82, 2.24) is 9.97 Å². The SMILES string of the molecule is Cc1cc(-c2ccnc3cc(F)cc(F)c23)cnc1OCC(C)(N)CC(C)C. The summed E-state index contributed by atoms with van der Waals surface area (Å²) in [6.45, 7) is 8.43. The van der Waals surface area contributed by atoms with Crippen LogP contribution in [0.4, 0.5) is 8.78 Å². The lowest BCUT2D eigenvalue weighted by Gasteiger charge is -2.26. The summed E-state index contributed by atoms with van der Waals surface area (Å²) >= 11 is 0. The number of nitrogens with two attached hydrogens (primary N) is 1. The fourth-order valence-electron chi connectivity index (χ4n) is 3.53. The zero-order valence-corrected chi connectivity index (χ0v) is 16.6. The molecule has 3 rings (SSSR count). The molecule has 1 aromatic carbocycles. The number of hydrogen-bond donors (Lipinski definition) is 1. The highest BCUT2D eigenvalue weighted by Gasteiger charge is 2.22. The zero-order chi connectivity index (χ0) is 20.5. The highest BCUT2D eigenvalue weighted by Crippen LogP contribution is 2.31. The molecule has 1 atom stereocenters. The Labute approximate surface area is 163 Å². The van der Waals surface area contributed by atoms with Gasteiger partial charge in [-0.15, -0.1) is 0 Å². The van der Waals surface area contributed by atoms with Crippen molar-refractivity contribution in [1.29, 1.82) is 0 Å². The molecule has 0 bridgehead atoms. The van der Waals surface area contributed by atoms with Crippen molar-refractivity contribution >= 4 is 10.9 Å². The number of fused-ring (bicyclic) bond motifs is 1. The molecule has 0 amide bonds. The number of ether oxygens (including phenoxy) is 1. The molecule has 1 unspecified atom stereocenters. The van der Waals surface area contributed by atoms with Crippen LogP contribution in [0, 0.1) is 24.5 Å². The van der Waals surface area contributed by atoms with Crippen LogP contribution in [0.2, 0.25) is 0 Å². The number of aryl methyl sites for hydroxylation is 1. The topological polar surface area (TPSA) is 61.0 Å². The van der Waals surface area contributed by atoms with Crippen LogP contribution in [-0.2, 0) is 0 Å². The smallest absolute Gasteiger partial charge is 0.216 e. The zero-order valence-electron chi connectivity index (χ0n) is 16.6. The molecule has 28 heavy (non-hydrogen) atoms. The Balaban J connectivity index is 1.90. The second kappa shape index (κ2) is 7.80. The predicted molar refractivity (Wildman–Crippen MR) is 107 cm³/mol. The summed E-state index contributed by atoms with van der Waals surface area (Å²) in [4.78, 5) is 8.47. The summed E-state index contributed by atoms with van der Waals surface area (Å²) in [6.07, 6.45) is 3.99. The van der Waals surface area contributed by atoms with Crippen molar-refractivity contribution in [2.45, 2.75) is 39.7 Å². The van der Waals surface area contributed by atoms with Gasteiger partial charge in [-0.25, -0.2) is 13.8 Å². The number of halogens is 2. The molecule has 0 saturated heterocycles. The van der Waals surface area contributed by atoms with Gasteiger partial charge in [-0.1, -0.05) is 13.8 Å².